The Hall–Kier alpha value is -2.34. The minimum absolute atomic E-state index is 0.344. The van der Waals surface area contributed by atoms with Crippen molar-refractivity contribution >= 4 is 23.5 Å². The van der Waals surface area contributed by atoms with E-state index >= 15 is 0 Å². The molecule has 1 aromatic heterocycles. The van der Waals surface area contributed by atoms with E-state index in [0.29, 0.717) is 16.3 Å². The first-order valence-corrected chi connectivity index (χ1v) is 7.53. The van der Waals surface area contributed by atoms with Crippen molar-refractivity contribution in [3.8, 4) is 5.69 Å². The van der Waals surface area contributed by atoms with Crippen molar-refractivity contribution in [2.45, 2.75) is 26.8 Å². The summed E-state index contributed by atoms with van der Waals surface area (Å²) in [7, 11) is 0. The fraction of sp³-hybridized carbons (Fsp3) is 0.312. The summed E-state index contributed by atoms with van der Waals surface area (Å²) < 4.78 is 1.59. The maximum Gasteiger partial charge on any atom is 0.308 e. The molecular formula is C16H18ClN3O3. The van der Waals surface area contributed by atoms with Crippen LogP contribution in [-0.4, -0.2) is 32.8 Å². The third-order valence-electron chi connectivity index (χ3n) is 3.73. The second-order valence-corrected chi connectivity index (χ2v) is 5.87. The Kier molecular flexibility index (Phi) is 5.05. The van der Waals surface area contributed by atoms with E-state index in [-0.39, 0.29) is 5.91 Å². The zero-order valence-electron chi connectivity index (χ0n) is 13.1. The van der Waals surface area contributed by atoms with E-state index in [0.717, 1.165) is 5.69 Å². The lowest BCUT2D eigenvalue weighted by molar-refractivity contribution is -0.141. The van der Waals surface area contributed by atoms with Gasteiger partial charge >= 0.3 is 5.97 Å². The number of hydrogen-bond donors (Lipinski definition) is 2. The molecule has 0 aliphatic rings. The first-order chi connectivity index (χ1) is 10.8. The second-order valence-electron chi connectivity index (χ2n) is 5.44. The van der Waals surface area contributed by atoms with Gasteiger partial charge in [-0.15, -0.1) is 0 Å². The molecule has 0 fully saturated rings. The Morgan fingerprint density at radius 2 is 1.87 bits per heavy atom. The first kappa shape index (κ1) is 17.0. The highest BCUT2D eigenvalue weighted by Gasteiger charge is 2.23. The van der Waals surface area contributed by atoms with Crippen molar-refractivity contribution in [1.82, 2.24) is 15.1 Å². The number of carboxylic acids is 1. The summed E-state index contributed by atoms with van der Waals surface area (Å²) in [5.74, 6) is -1.97. The summed E-state index contributed by atoms with van der Waals surface area (Å²) in [6.07, 6.45) is 1.62. The molecule has 1 amide bonds. The molecule has 1 aromatic carbocycles. The molecule has 2 unspecified atom stereocenters. The van der Waals surface area contributed by atoms with Gasteiger partial charge in [0.15, 0.2) is 0 Å². The standard InChI is InChI=1S/C16H18ClN3O3/c1-9(16(22)23)10(2)18-15(21)14-8-20(19-11(14)3)13-6-4-12(17)5-7-13/h4-10H,1-3H3,(H,18,21)(H,22,23). The highest BCUT2D eigenvalue weighted by molar-refractivity contribution is 6.30. The normalized spacial score (nSPS) is 13.4. The molecule has 23 heavy (non-hydrogen) atoms. The van der Waals surface area contributed by atoms with Crippen LogP contribution in [0.2, 0.25) is 5.02 Å². The average molecular weight is 336 g/mol. The van der Waals surface area contributed by atoms with Gasteiger partial charge in [0.1, 0.15) is 0 Å². The maximum absolute atomic E-state index is 12.3. The molecule has 7 heteroatoms. The number of aromatic nitrogens is 2. The van der Waals surface area contributed by atoms with Crippen LogP contribution >= 0.6 is 11.6 Å². The van der Waals surface area contributed by atoms with Crippen molar-refractivity contribution in [2.75, 3.05) is 0 Å². The van der Waals surface area contributed by atoms with Gasteiger partial charge in [-0.25, -0.2) is 4.68 Å². The third kappa shape index (κ3) is 3.90. The molecule has 0 saturated heterocycles. The van der Waals surface area contributed by atoms with Crippen molar-refractivity contribution in [1.29, 1.82) is 0 Å². The smallest absolute Gasteiger partial charge is 0.308 e. The van der Waals surface area contributed by atoms with Gasteiger partial charge in [-0.3, -0.25) is 9.59 Å². The van der Waals surface area contributed by atoms with Crippen LogP contribution in [0.25, 0.3) is 5.69 Å². The fourth-order valence-corrected chi connectivity index (χ4v) is 2.16. The zero-order chi connectivity index (χ0) is 17.1. The van der Waals surface area contributed by atoms with Gasteiger partial charge < -0.3 is 10.4 Å². The quantitative estimate of drug-likeness (QED) is 0.879. The predicted molar refractivity (Wildman–Crippen MR) is 87.0 cm³/mol. The third-order valence-corrected chi connectivity index (χ3v) is 3.98. The number of aliphatic carboxylic acids is 1. The van der Waals surface area contributed by atoms with Crippen LogP contribution < -0.4 is 5.32 Å². The maximum atomic E-state index is 12.3. The molecule has 0 aliphatic carbocycles. The second kappa shape index (κ2) is 6.83. The van der Waals surface area contributed by atoms with E-state index < -0.39 is 17.9 Å². The van der Waals surface area contributed by atoms with E-state index in [1.165, 1.54) is 0 Å². The lowest BCUT2D eigenvalue weighted by atomic mass is 10.0. The van der Waals surface area contributed by atoms with Crippen LogP contribution in [0.5, 0.6) is 0 Å². The van der Waals surface area contributed by atoms with E-state index in [2.05, 4.69) is 10.4 Å². The Balaban J connectivity index is 2.19. The molecule has 2 aromatic rings. The molecule has 0 aliphatic heterocycles. The van der Waals surface area contributed by atoms with Crippen LogP contribution in [0.4, 0.5) is 0 Å². The zero-order valence-corrected chi connectivity index (χ0v) is 13.8. The number of halogens is 1. The average Bonchev–Trinajstić information content (AvgIpc) is 2.89. The Bertz CT molecular complexity index is 725. The summed E-state index contributed by atoms with van der Waals surface area (Å²) in [6, 6.07) is 6.59. The van der Waals surface area contributed by atoms with Crippen LogP contribution in [0.1, 0.15) is 29.9 Å². The summed E-state index contributed by atoms with van der Waals surface area (Å²) in [5.41, 5.74) is 1.75. The molecule has 6 nitrogen and oxygen atoms in total. The number of benzene rings is 1. The Labute approximate surface area is 139 Å². The molecule has 0 spiro atoms. The summed E-state index contributed by atoms with van der Waals surface area (Å²) in [6.45, 7) is 4.94. The minimum Gasteiger partial charge on any atom is -0.481 e. The fourth-order valence-electron chi connectivity index (χ4n) is 2.03. The van der Waals surface area contributed by atoms with Crippen LogP contribution in [0.15, 0.2) is 30.5 Å². The lowest BCUT2D eigenvalue weighted by Crippen LogP contribution is -2.40. The number of amides is 1. The van der Waals surface area contributed by atoms with Gasteiger partial charge in [0.2, 0.25) is 0 Å². The van der Waals surface area contributed by atoms with Gasteiger partial charge in [-0.1, -0.05) is 11.6 Å². The van der Waals surface area contributed by atoms with Gasteiger partial charge in [0, 0.05) is 17.3 Å². The van der Waals surface area contributed by atoms with Crippen molar-refractivity contribution < 1.29 is 14.7 Å². The van der Waals surface area contributed by atoms with E-state index in [9.17, 15) is 9.59 Å². The van der Waals surface area contributed by atoms with Gasteiger partial charge in [-0.05, 0) is 45.0 Å². The molecule has 2 atom stereocenters. The number of carbonyl (C=O) groups excluding carboxylic acids is 1. The number of aryl methyl sites for hydroxylation is 1. The number of nitrogens with one attached hydrogen (secondary N) is 1. The van der Waals surface area contributed by atoms with E-state index in [1.807, 2.05) is 0 Å². The highest BCUT2D eigenvalue weighted by atomic mass is 35.5. The molecule has 0 bridgehead atoms. The van der Waals surface area contributed by atoms with Gasteiger partial charge in [-0.2, -0.15) is 5.10 Å². The van der Waals surface area contributed by atoms with Gasteiger partial charge in [0.25, 0.3) is 5.91 Å². The molecule has 2 N–H and O–H groups in total. The Morgan fingerprint density at radius 3 is 2.43 bits per heavy atom. The number of rotatable bonds is 5. The molecule has 0 saturated carbocycles. The summed E-state index contributed by atoms with van der Waals surface area (Å²) >= 11 is 5.86. The van der Waals surface area contributed by atoms with Crippen molar-refractivity contribution in [3.63, 3.8) is 0 Å². The van der Waals surface area contributed by atoms with Crippen LogP contribution in [0, 0.1) is 12.8 Å². The van der Waals surface area contributed by atoms with E-state index in [1.54, 1.807) is 55.9 Å². The molecule has 0 radical (unpaired) electrons. The molecule has 1 heterocycles. The summed E-state index contributed by atoms with van der Waals surface area (Å²) in [4.78, 5) is 23.3. The monoisotopic (exact) mass is 335 g/mol. The topological polar surface area (TPSA) is 84.2 Å². The molecular weight excluding hydrogens is 318 g/mol. The largest absolute Gasteiger partial charge is 0.481 e. The molecule has 2 rings (SSSR count). The first-order valence-electron chi connectivity index (χ1n) is 7.15. The number of nitrogens with zero attached hydrogens (tertiary/aromatic N) is 2. The number of carbonyl (C=O) groups is 2. The lowest BCUT2D eigenvalue weighted by Gasteiger charge is -2.17. The highest BCUT2D eigenvalue weighted by Crippen LogP contribution is 2.15. The molecule has 122 valence electrons. The van der Waals surface area contributed by atoms with Crippen LogP contribution in [-0.2, 0) is 4.79 Å². The van der Waals surface area contributed by atoms with Crippen molar-refractivity contribution in [2.24, 2.45) is 5.92 Å². The number of carboxylic acid groups (broad SMARTS) is 1. The SMILES string of the molecule is Cc1nn(-c2ccc(Cl)cc2)cc1C(=O)NC(C)C(C)C(=O)O. The van der Waals surface area contributed by atoms with Crippen molar-refractivity contribution in [3.05, 3.63) is 46.7 Å². The van der Waals surface area contributed by atoms with E-state index in [4.69, 9.17) is 16.7 Å². The minimum atomic E-state index is -0.952. The predicted octanol–water partition coefficient (Wildman–Crippen LogP) is 2.67. The Morgan fingerprint density at radius 1 is 1.26 bits per heavy atom. The number of hydrogen-bond acceptors (Lipinski definition) is 3. The van der Waals surface area contributed by atoms with Gasteiger partial charge in [0.05, 0.1) is 22.9 Å². The van der Waals surface area contributed by atoms with Crippen LogP contribution in [0.3, 0.4) is 0 Å². The summed E-state index contributed by atoms with van der Waals surface area (Å²) in [5, 5.41) is 16.6.